The summed E-state index contributed by atoms with van der Waals surface area (Å²) >= 11 is 0. The molecular weight excluding hydrogens is 342 g/mol. The highest BCUT2D eigenvalue weighted by Gasteiger charge is 2.29. The fraction of sp³-hybridized carbons (Fsp3) is 0.550. The molecule has 1 aromatic heterocycles. The first-order valence-electron chi connectivity index (χ1n) is 9.74. The lowest BCUT2D eigenvalue weighted by molar-refractivity contribution is 0.0542. The fourth-order valence-electron chi connectivity index (χ4n) is 3.90. The van der Waals surface area contributed by atoms with E-state index in [1.165, 1.54) is 5.56 Å². The molecule has 3 heterocycles. The Bertz CT molecular complexity index is 757. The van der Waals surface area contributed by atoms with Gasteiger partial charge in [-0.15, -0.1) is 5.10 Å². The van der Waals surface area contributed by atoms with Crippen molar-refractivity contribution in [1.82, 2.24) is 24.8 Å². The maximum absolute atomic E-state index is 13.0. The van der Waals surface area contributed by atoms with Crippen molar-refractivity contribution in [2.75, 3.05) is 39.9 Å². The number of likely N-dealkylation sites (N-methyl/N-ethyl adjacent to an activating group) is 1. The molecule has 1 atom stereocenters. The SMILES string of the molecule is CN1CCN(C(=O)c2cn(C3CCOCC3)nn2)CC1Cc1ccccc1. The Morgan fingerprint density at radius 1 is 1.19 bits per heavy atom. The van der Waals surface area contributed by atoms with Crippen LogP contribution in [0.25, 0.3) is 0 Å². The van der Waals surface area contributed by atoms with E-state index >= 15 is 0 Å². The van der Waals surface area contributed by atoms with Gasteiger partial charge in [0.05, 0.1) is 12.2 Å². The number of carbonyl (C=O) groups is 1. The number of hydrogen-bond donors (Lipinski definition) is 0. The number of ether oxygens (including phenoxy) is 1. The lowest BCUT2D eigenvalue weighted by atomic mass is 10.0. The number of hydrogen-bond acceptors (Lipinski definition) is 5. The van der Waals surface area contributed by atoms with Gasteiger partial charge in [0, 0.05) is 38.9 Å². The summed E-state index contributed by atoms with van der Waals surface area (Å²) in [6.45, 7) is 3.80. The quantitative estimate of drug-likeness (QED) is 0.820. The number of nitrogens with zero attached hydrogens (tertiary/aromatic N) is 5. The summed E-state index contributed by atoms with van der Waals surface area (Å²) in [5.41, 5.74) is 1.75. The standard InChI is InChI=1S/C20H27N5O2/c1-23-9-10-24(14-18(23)13-16-5-3-2-4-6-16)20(26)19-15-25(22-21-19)17-7-11-27-12-8-17/h2-6,15,17-18H,7-14H2,1H3. The van der Waals surface area contributed by atoms with Crippen LogP contribution in [-0.2, 0) is 11.2 Å². The van der Waals surface area contributed by atoms with Crippen LogP contribution in [0.2, 0.25) is 0 Å². The molecule has 7 heteroatoms. The van der Waals surface area contributed by atoms with Crippen LogP contribution in [-0.4, -0.2) is 76.6 Å². The zero-order chi connectivity index (χ0) is 18.6. The minimum absolute atomic E-state index is 0.0144. The van der Waals surface area contributed by atoms with Gasteiger partial charge < -0.3 is 9.64 Å². The van der Waals surface area contributed by atoms with Crippen LogP contribution in [0.4, 0.5) is 0 Å². The topological polar surface area (TPSA) is 63.5 Å². The Hall–Kier alpha value is -2.25. The van der Waals surface area contributed by atoms with E-state index in [2.05, 4.69) is 46.5 Å². The van der Waals surface area contributed by atoms with Crippen molar-refractivity contribution < 1.29 is 9.53 Å². The first kappa shape index (κ1) is 18.1. The molecule has 7 nitrogen and oxygen atoms in total. The van der Waals surface area contributed by atoms with Gasteiger partial charge in [0.15, 0.2) is 5.69 Å². The molecule has 1 aromatic carbocycles. The molecule has 4 rings (SSSR count). The van der Waals surface area contributed by atoms with Gasteiger partial charge in [-0.1, -0.05) is 35.5 Å². The predicted molar refractivity (Wildman–Crippen MR) is 102 cm³/mol. The van der Waals surface area contributed by atoms with Gasteiger partial charge in [0.2, 0.25) is 0 Å². The minimum Gasteiger partial charge on any atom is -0.381 e. The summed E-state index contributed by atoms with van der Waals surface area (Å²) in [6.07, 6.45) is 4.59. The minimum atomic E-state index is -0.0144. The Kier molecular flexibility index (Phi) is 5.50. The number of carbonyl (C=O) groups excluding carboxylic acids is 1. The van der Waals surface area contributed by atoms with E-state index in [1.54, 1.807) is 0 Å². The Labute approximate surface area is 159 Å². The van der Waals surface area contributed by atoms with Crippen molar-refractivity contribution >= 4 is 5.91 Å². The molecule has 2 saturated heterocycles. The third-order valence-corrected chi connectivity index (χ3v) is 5.67. The summed E-state index contributed by atoms with van der Waals surface area (Å²) in [7, 11) is 2.14. The highest BCUT2D eigenvalue weighted by atomic mass is 16.5. The normalized spacial score (nSPS) is 22.1. The zero-order valence-corrected chi connectivity index (χ0v) is 15.8. The molecule has 0 spiro atoms. The fourth-order valence-corrected chi connectivity index (χ4v) is 3.90. The van der Waals surface area contributed by atoms with E-state index < -0.39 is 0 Å². The lowest BCUT2D eigenvalue weighted by Crippen LogP contribution is -2.54. The summed E-state index contributed by atoms with van der Waals surface area (Å²) < 4.78 is 7.24. The highest BCUT2D eigenvalue weighted by Crippen LogP contribution is 2.20. The van der Waals surface area contributed by atoms with E-state index in [9.17, 15) is 4.79 Å². The summed E-state index contributed by atoms with van der Waals surface area (Å²) in [5, 5.41) is 8.37. The van der Waals surface area contributed by atoms with Crippen molar-refractivity contribution in [3.63, 3.8) is 0 Å². The van der Waals surface area contributed by atoms with Gasteiger partial charge >= 0.3 is 0 Å². The van der Waals surface area contributed by atoms with Crippen molar-refractivity contribution in [2.24, 2.45) is 0 Å². The monoisotopic (exact) mass is 369 g/mol. The second-order valence-electron chi connectivity index (χ2n) is 7.50. The number of benzene rings is 1. The van der Waals surface area contributed by atoms with Crippen LogP contribution in [0.5, 0.6) is 0 Å². The van der Waals surface area contributed by atoms with E-state index in [-0.39, 0.29) is 11.9 Å². The van der Waals surface area contributed by atoms with Crippen LogP contribution in [0, 0.1) is 0 Å². The van der Waals surface area contributed by atoms with E-state index in [0.29, 0.717) is 18.3 Å². The zero-order valence-electron chi connectivity index (χ0n) is 15.8. The Morgan fingerprint density at radius 2 is 1.96 bits per heavy atom. The van der Waals surface area contributed by atoms with Gasteiger partial charge in [0.25, 0.3) is 5.91 Å². The highest BCUT2D eigenvalue weighted by molar-refractivity contribution is 5.92. The van der Waals surface area contributed by atoms with Crippen molar-refractivity contribution in [3.05, 3.63) is 47.8 Å². The molecule has 2 aromatic rings. The van der Waals surface area contributed by atoms with Crippen LogP contribution >= 0.6 is 0 Å². The van der Waals surface area contributed by atoms with Crippen molar-refractivity contribution in [3.8, 4) is 0 Å². The molecule has 144 valence electrons. The molecule has 0 bridgehead atoms. The average Bonchev–Trinajstić information content (AvgIpc) is 3.21. The molecule has 1 amide bonds. The van der Waals surface area contributed by atoms with Gasteiger partial charge in [-0.2, -0.15) is 0 Å². The van der Waals surface area contributed by atoms with Crippen LogP contribution in [0.1, 0.15) is 34.9 Å². The Balaban J connectivity index is 1.41. The molecule has 0 aliphatic carbocycles. The lowest BCUT2D eigenvalue weighted by Gasteiger charge is -2.39. The van der Waals surface area contributed by atoms with Crippen molar-refractivity contribution in [2.45, 2.75) is 31.3 Å². The Morgan fingerprint density at radius 3 is 2.74 bits per heavy atom. The molecule has 2 aliphatic heterocycles. The third kappa shape index (κ3) is 4.20. The third-order valence-electron chi connectivity index (χ3n) is 5.67. The summed E-state index contributed by atoms with van der Waals surface area (Å²) in [5.74, 6) is -0.0144. The number of aromatic nitrogens is 3. The van der Waals surface area contributed by atoms with Gasteiger partial charge in [-0.05, 0) is 31.9 Å². The van der Waals surface area contributed by atoms with Gasteiger partial charge in [-0.3, -0.25) is 9.69 Å². The van der Waals surface area contributed by atoms with Crippen LogP contribution in [0.3, 0.4) is 0 Å². The summed E-state index contributed by atoms with van der Waals surface area (Å²) in [4.78, 5) is 17.2. The molecule has 0 radical (unpaired) electrons. The van der Waals surface area contributed by atoms with Crippen LogP contribution in [0.15, 0.2) is 36.5 Å². The van der Waals surface area contributed by atoms with Crippen LogP contribution < -0.4 is 0 Å². The summed E-state index contributed by atoms with van der Waals surface area (Å²) in [6, 6.07) is 11.1. The van der Waals surface area contributed by atoms with Gasteiger partial charge in [-0.25, -0.2) is 4.68 Å². The molecule has 2 aliphatic rings. The predicted octanol–water partition coefficient (Wildman–Crippen LogP) is 1.63. The molecular formula is C20H27N5O2. The maximum Gasteiger partial charge on any atom is 0.276 e. The maximum atomic E-state index is 13.0. The van der Waals surface area contributed by atoms with E-state index in [1.807, 2.05) is 21.8 Å². The average molecular weight is 369 g/mol. The second-order valence-corrected chi connectivity index (χ2v) is 7.50. The first-order chi connectivity index (χ1) is 13.2. The molecule has 0 saturated carbocycles. The second kappa shape index (κ2) is 8.19. The smallest absolute Gasteiger partial charge is 0.276 e. The number of rotatable bonds is 4. The molecule has 2 fully saturated rings. The van der Waals surface area contributed by atoms with Crippen molar-refractivity contribution in [1.29, 1.82) is 0 Å². The molecule has 1 unspecified atom stereocenters. The number of piperazine rings is 1. The van der Waals surface area contributed by atoms with Gasteiger partial charge in [0.1, 0.15) is 0 Å². The first-order valence-corrected chi connectivity index (χ1v) is 9.74. The molecule has 0 N–H and O–H groups in total. The molecule has 27 heavy (non-hydrogen) atoms. The van der Waals surface area contributed by atoms with E-state index in [0.717, 1.165) is 45.6 Å². The van der Waals surface area contributed by atoms with E-state index in [4.69, 9.17) is 4.74 Å². The largest absolute Gasteiger partial charge is 0.381 e. The number of amides is 1.